The zero-order valence-corrected chi connectivity index (χ0v) is 9.34. The summed E-state index contributed by atoms with van der Waals surface area (Å²) in [7, 11) is 0. The fourth-order valence-corrected chi connectivity index (χ4v) is 0.877. The fraction of sp³-hybridized carbons (Fsp3) is 0.900. The molecule has 0 aliphatic rings. The molecule has 0 rings (SSSR count). The van der Waals surface area contributed by atoms with Gasteiger partial charge in [-0.2, -0.15) is 0 Å². The largest absolute Gasteiger partial charge is 0.396 e. The van der Waals surface area contributed by atoms with E-state index >= 15 is 0 Å². The van der Waals surface area contributed by atoms with Gasteiger partial charge in [0.2, 0.25) is 5.91 Å². The van der Waals surface area contributed by atoms with Crippen molar-refractivity contribution in [2.75, 3.05) is 26.2 Å². The van der Waals surface area contributed by atoms with E-state index in [-0.39, 0.29) is 18.4 Å². The highest BCUT2D eigenvalue weighted by Gasteiger charge is 2.03. The summed E-state index contributed by atoms with van der Waals surface area (Å²) >= 11 is 0. The maximum Gasteiger partial charge on any atom is 0.233 e. The molecule has 0 aliphatic carbocycles. The molecule has 0 saturated heterocycles. The molecule has 1 atom stereocenters. The first-order chi connectivity index (χ1) is 6.56. The first kappa shape index (κ1) is 13.4. The predicted molar refractivity (Wildman–Crippen MR) is 57.0 cm³/mol. The summed E-state index contributed by atoms with van der Waals surface area (Å²) in [5.74, 6) is 0.701. The van der Waals surface area contributed by atoms with Gasteiger partial charge in [0.1, 0.15) is 0 Å². The number of nitrogens with one attached hydrogen (secondary N) is 2. The molecule has 0 saturated carbocycles. The summed E-state index contributed by atoms with van der Waals surface area (Å²) < 4.78 is 0. The maximum absolute atomic E-state index is 11.2. The second-order valence-corrected chi connectivity index (χ2v) is 4.12. The Morgan fingerprint density at radius 2 is 1.93 bits per heavy atom. The Balaban J connectivity index is 3.35. The Hall–Kier alpha value is -0.610. The predicted octanol–water partition coefficient (Wildman–Crippen LogP) is -0.0234. The van der Waals surface area contributed by atoms with Crippen molar-refractivity contribution < 1.29 is 9.90 Å². The van der Waals surface area contributed by atoms with Gasteiger partial charge in [-0.25, -0.2) is 0 Å². The number of hydrogen-bond acceptors (Lipinski definition) is 3. The van der Waals surface area contributed by atoms with E-state index in [0.717, 1.165) is 6.54 Å². The van der Waals surface area contributed by atoms with Gasteiger partial charge in [-0.05, 0) is 11.8 Å². The van der Waals surface area contributed by atoms with Gasteiger partial charge in [0.25, 0.3) is 0 Å². The van der Waals surface area contributed by atoms with Crippen molar-refractivity contribution in [1.29, 1.82) is 0 Å². The fourth-order valence-electron chi connectivity index (χ4n) is 0.877. The number of hydrogen-bond donors (Lipinski definition) is 3. The minimum atomic E-state index is 0.0174. The van der Waals surface area contributed by atoms with Crippen LogP contribution in [0.2, 0.25) is 0 Å². The van der Waals surface area contributed by atoms with Crippen LogP contribution in [0.15, 0.2) is 0 Å². The maximum atomic E-state index is 11.2. The van der Waals surface area contributed by atoms with Crippen molar-refractivity contribution in [2.24, 2.45) is 11.8 Å². The molecule has 0 aromatic carbocycles. The Morgan fingerprint density at radius 3 is 2.43 bits per heavy atom. The van der Waals surface area contributed by atoms with Crippen LogP contribution in [0, 0.1) is 11.8 Å². The second-order valence-electron chi connectivity index (χ2n) is 4.12. The van der Waals surface area contributed by atoms with E-state index in [1.54, 1.807) is 0 Å². The second kappa shape index (κ2) is 7.76. The minimum absolute atomic E-state index is 0.0174. The number of carbonyl (C=O) groups is 1. The van der Waals surface area contributed by atoms with Gasteiger partial charge in [-0.3, -0.25) is 4.79 Å². The standard InChI is InChI=1S/C10H22N2O2/c1-8(2)4-12-10(14)6-11-5-9(3)7-13/h8-9,11,13H,4-7H2,1-3H3,(H,12,14). The number of aliphatic hydroxyl groups excluding tert-OH is 1. The smallest absolute Gasteiger partial charge is 0.233 e. The van der Waals surface area contributed by atoms with Gasteiger partial charge in [0, 0.05) is 19.7 Å². The van der Waals surface area contributed by atoms with Crippen molar-refractivity contribution in [3.05, 3.63) is 0 Å². The summed E-state index contributed by atoms with van der Waals surface area (Å²) in [4.78, 5) is 11.2. The highest BCUT2D eigenvalue weighted by molar-refractivity contribution is 5.77. The quantitative estimate of drug-likeness (QED) is 0.543. The molecule has 3 N–H and O–H groups in total. The molecule has 0 aromatic rings. The molecule has 1 unspecified atom stereocenters. The lowest BCUT2D eigenvalue weighted by Crippen LogP contribution is -2.37. The van der Waals surface area contributed by atoms with Crippen LogP contribution in [-0.2, 0) is 4.79 Å². The first-order valence-electron chi connectivity index (χ1n) is 5.14. The molecule has 0 fully saturated rings. The molecule has 0 bridgehead atoms. The first-order valence-corrected chi connectivity index (χ1v) is 5.14. The summed E-state index contributed by atoms with van der Waals surface area (Å²) in [6.07, 6.45) is 0. The minimum Gasteiger partial charge on any atom is -0.396 e. The van der Waals surface area contributed by atoms with Crippen molar-refractivity contribution in [3.8, 4) is 0 Å². The Kier molecular flexibility index (Phi) is 7.42. The Bertz CT molecular complexity index is 160. The third kappa shape index (κ3) is 8.01. The monoisotopic (exact) mass is 202 g/mol. The van der Waals surface area contributed by atoms with E-state index in [4.69, 9.17) is 5.11 Å². The molecular weight excluding hydrogens is 180 g/mol. The van der Waals surface area contributed by atoms with E-state index in [1.165, 1.54) is 0 Å². The number of aliphatic hydroxyl groups is 1. The van der Waals surface area contributed by atoms with Crippen LogP contribution in [0.1, 0.15) is 20.8 Å². The number of carbonyl (C=O) groups excluding carboxylic acids is 1. The van der Waals surface area contributed by atoms with Crippen molar-refractivity contribution in [3.63, 3.8) is 0 Å². The molecule has 0 spiro atoms. The average molecular weight is 202 g/mol. The van der Waals surface area contributed by atoms with Gasteiger partial charge in [0.15, 0.2) is 0 Å². The Morgan fingerprint density at radius 1 is 1.29 bits per heavy atom. The summed E-state index contributed by atoms with van der Waals surface area (Å²) in [6, 6.07) is 0. The van der Waals surface area contributed by atoms with Gasteiger partial charge < -0.3 is 15.7 Å². The molecule has 1 amide bonds. The van der Waals surface area contributed by atoms with Crippen molar-refractivity contribution in [2.45, 2.75) is 20.8 Å². The van der Waals surface area contributed by atoms with Crippen LogP contribution < -0.4 is 10.6 Å². The van der Waals surface area contributed by atoms with Crippen LogP contribution in [0.25, 0.3) is 0 Å². The van der Waals surface area contributed by atoms with Crippen LogP contribution in [0.5, 0.6) is 0 Å². The normalized spacial score (nSPS) is 12.9. The highest BCUT2D eigenvalue weighted by atomic mass is 16.3. The van der Waals surface area contributed by atoms with Crippen LogP contribution >= 0.6 is 0 Å². The van der Waals surface area contributed by atoms with E-state index < -0.39 is 0 Å². The zero-order chi connectivity index (χ0) is 11.0. The van der Waals surface area contributed by atoms with Crippen molar-refractivity contribution in [1.82, 2.24) is 10.6 Å². The lowest BCUT2D eigenvalue weighted by molar-refractivity contribution is -0.120. The third-order valence-corrected chi connectivity index (χ3v) is 1.80. The zero-order valence-electron chi connectivity index (χ0n) is 9.34. The molecular formula is C10H22N2O2. The average Bonchev–Trinajstić information content (AvgIpc) is 2.14. The summed E-state index contributed by atoms with van der Waals surface area (Å²) in [5.41, 5.74) is 0. The lowest BCUT2D eigenvalue weighted by Gasteiger charge is -2.10. The topological polar surface area (TPSA) is 61.4 Å². The van der Waals surface area contributed by atoms with E-state index in [1.807, 2.05) is 6.92 Å². The van der Waals surface area contributed by atoms with Crippen LogP contribution in [-0.4, -0.2) is 37.3 Å². The molecule has 4 heteroatoms. The molecule has 14 heavy (non-hydrogen) atoms. The van der Waals surface area contributed by atoms with Gasteiger partial charge >= 0.3 is 0 Å². The molecule has 0 aromatic heterocycles. The van der Waals surface area contributed by atoms with Crippen LogP contribution in [0.3, 0.4) is 0 Å². The van der Waals surface area contributed by atoms with Gasteiger partial charge in [-0.1, -0.05) is 20.8 Å². The third-order valence-electron chi connectivity index (χ3n) is 1.80. The number of amides is 1. The van der Waals surface area contributed by atoms with E-state index in [2.05, 4.69) is 24.5 Å². The van der Waals surface area contributed by atoms with Crippen molar-refractivity contribution >= 4 is 5.91 Å². The molecule has 4 nitrogen and oxygen atoms in total. The van der Waals surface area contributed by atoms with Gasteiger partial charge in [-0.15, -0.1) is 0 Å². The number of rotatable bonds is 7. The Labute approximate surface area is 86.1 Å². The molecule has 0 heterocycles. The van der Waals surface area contributed by atoms with E-state index in [0.29, 0.717) is 19.0 Å². The molecule has 0 radical (unpaired) electrons. The SMILES string of the molecule is CC(C)CNC(=O)CNCC(C)CO. The lowest BCUT2D eigenvalue weighted by atomic mass is 10.2. The molecule has 0 aliphatic heterocycles. The summed E-state index contributed by atoms with van der Waals surface area (Å²) in [5, 5.41) is 14.5. The summed E-state index contributed by atoms with van der Waals surface area (Å²) in [6.45, 7) is 7.92. The van der Waals surface area contributed by atoms with E-state index in [9.17, 15) is 4.79 Å². The molecule has 84 valence electrons. The van der Waals surface area contributed by atoms with Crippen LogP contribution in [0.4, 0.5) is 0 Å². The van der Waals surface area contributed by atoms with Gasteiger partial charge in [0.05, 0.1) is 6.54 Å². The highest BCUT2D eigenvalue weighted by Crippen LogP contribution is 1.88.